The lowest BCUT2D eigenvalue weighted by Crippen LogP contribution is -2.21. The smallest absolute Gasteiger partial charge is 0.338 e. The van der Waals surface area contributed by atoms with Crippen LogP contribution in [0.5, 0.6) is 0 Å². The Morgan fingerprint density at radius 1 is 1.12 bits per heavy atom. The molecule has 0 atom stereocenters. The van der Waals surface area contributed by atoms with Crippen LogP contribution in [0.2, 0.25) is 0 Å². The van der Waals surface area contributed by atoms with E-state index in [4.69, 9.17) is 10.00 Å². The molecule has 0 aliphatic carbocycles. The predicted molar refractivity (Wildman–Crippen MR) is 130 cm³/mol. The van der Waals surface area contributed by atoms with E-state index in [9.17, 15) is 18.0 Å². The van der Waals surface area contributed by atoms with Crippen molar-refractivity contribution < 1.29 is 22.7 Å². The average molecular weight is 498 g/mol. The summed E-state index contributed by atoms with van der Waals surface area (Å²) in [6, 6.07) is 16.0. The normalized spacial score (nSPS) is 10.8. The third-order valence-electron chi connectivity index (χ3n) is 4.78. The highest BCUT2D eigenvalue weighted by Gasteiger charge is 2.18. The summed E-state index contributed by atoms with van der Waals surface area (Å²) in [6.45, 7) is 1.53. The molecule has 0 aliphatic heterocycles. The number of unbranched alkanes of at least 4 members (excludes halogenated alkanes) is 1. The van der Waals surface area contributed by atoms with Gasteiger partial charge in [-0.1, -0.05) is 31.5 Å². The second-order valence-corrected chi connectivity index (χ2v) is 9.93. The molecule has 10 heteroatoms. The van der Waals surface area contributed by atoms with Gasteiger partial charge in [0.15, 0.2) is 6.61 Å². The first-order valence-corrected chi connectivity index (χ1v) is 12.8. The molecule has 176 valence electrons. The molecule has 0 radical (unpaired) electrons. The van der Waals surface area contributed by atoms with Gasteiger partial charge in [0.2, 0.25) is 0 Å². The van der Waals surface area contributed by atoms with Crippen molar-refractivity contribution in [2.45, 2.75) is 31.1 Å². The fourth-order valence-corrected chi connectivity index (χ4v) is 4.85. The van der Waals surface area contributed by atoms with Gasteiger partial charge in [-0.2, -0.15) is 5.26 Å². The summed E-state index contributed by atoms with van der Waals surface area (Å²) in [5, 5.41) is 13.5. The molecular weight excluding hydrogens is 474 g/mol. The van der Waals surface area contributed by atoms with Crippen LogP contribution in [-0.2, 0) is 26.0 Å². The maximum Gasteiger partial charge on any atom is 0.338 e. The second kappa shape index (κ2) is 11.4. The number of esters is 1. The van der Waals surface area contributed by atoms with Gasteiger partial charge in [0.05, 0.1) is 16.0 Å². The molecule has 0 saturated heterocycles. The number of thiophene rings is 1. The minimum Gasteiger partial charge on any atom is -0.452 e. The molecule has 8 nitrogen and oxygen atoms in total. The van der Waals surface area contributed by atoms with Crippen LogP contribution >= 0.6 is 11.3 Å². The van der Waals surface area contributed by atoms with Crippen LogP contribution in [0.4, 0.5) is 10.7 Å². The van der Waals surface area contributed by atoms with E-state index in [2.05, 4.69) is 17.0 Å². The van der Waals surface area contributed by atoms with Crippen molar-refractivity contribution in [3.63, 3.8) is 0 Å². The topological polar surface area (TPSA) is 125 Å². The zero-order valence-electron chi connectivity index (χ0n) is 18.4. The summed E-state index contributed by atoms with van der Waals surface area (Å²) in [5.74, 6) is -1.46. The molecular formula is C24H23N3O5S2. The van der Waals surface area contributed by atoms with Gasteiger partial charge in [-0.15, -0.1) is 11.3 Å². The zero-order valence-corrected chi connectivity index (χ0v) is 20.0. The fraction of sp³-hybridized carbons (Fsp3) is 0.208. The summed E-state index contributed by atoms with van der Waals surface area (Å²) in [6.07, 6.45) is 3.07. The molecule has 3 rings (SSSR count). The molecule has 34 heavy (non-hydrogen) atoms. The molecule has 1 heterocycles. The highest BCUT2D eigenvalue weighted by molar-refractivity contribution is 7.92. The highest BCUT2D eigenvalue weighted by atomic mass is 32.2. The maximum atomic E-state index is 12.8. The number of hydrogen-bond acceptors (Lipinski definition) is 7. The number of nitrogens with one attached hydrogen (secondary N) is 2. The summed E-state index contributed by atoms with van der Waals surface area (Å²) < 4.78 is 33.1. The van der Waals surface area contributed by atoms with E-state index >= 15 is 0 Å². The van der Waals surface area contributed by atoms with Crippen molar-refractivity contribution in [1.82, 2.24) is 0 Å². The Kier molecular flexibility index (Phi) is 8.40. The first kappa shape index (κ1) is 25.0. The number of anilines is 2. The first-order valence-electron chi connectivity index (χ1n) is 10.5. The van der Waals surface area contributed by atoms with E-state index in [-0.39, 0.29) is 10.5 Å². The number of nitriles is 1. The minimum atomic E-state index is -3.94. The first-order chi connectivity index (χ1) is 16.3. The minimum absolute atomic E-state index is 0.0144. The molecule has 3 aromatic rings. The molecule has 1 amide bonds. The van der Waals surface area contributed by atoms with Crippen molar-refractivity contribution in [2.75, 3.05) is 16.6 Å². The van der Waals surface area contributed by atoms with Gasteiger partial charge >= 0.3 is 5.97 Å². The number of carbonyl (C=O) groups is 2. The Morgan fingerprint density at radius 3 is 2.59 bits per heavy atom. The number of aryl methyl sites for hydroxylation is 1. The van der Waals surface area contributed by atoms with Gasteiger partial charge in [0.1, 0.15) is 11.1 Å². The lowest BCUT2D eigenvalue weighted by molar-refractivity contribution is -0.119. The molecule has 0 fully saturated rings. The maximum absolute atomic E-state index is 12.8. The Labute approximate surface area is 202 Å². The number of hydrogen-bond donors (Lipinski definition) is 2. The van der Waals surface area contributed by atoms with Crippen molar-refractivity contribution in [1.29, 1.82) is 5.26 Å². The predicted octanol–water partition coefficient (Wildman–Crippen LogP) is 4.56. The van der Waals surface area contributed by atoms with Crippen LogP contribution in [0, 0.1) is 11.3 Å². The van der Waals surface area contributed by atoms with Crippen LogP contribution in [0.1, 0.15) is 41.3 Å². The van der Waals surface area contributed by atoms with Gasteiger partial charge in [0.25, 0.3) is 15.9 Å². The van der Waals surface area contributed by atoms with Gasteiger partial charge < -0.3 is 10.1 Å². The van der Waals surface area contributed by atoms with Gasteiger partial charge in [-0.25, -0.2) is 13.2 Å². The monoisotopic (exact) mass is 497 g/mol. The zero-order chi connectivity index (χ0) is 24.6. The van der Waals surface area contributed by atoms with Crippen LogP contribution in [0.15, 0.2) is 64.9 Å². The van der Waals surface area contributed by atoms with E-state index in [1.165, 1.54) is 35.6 Å². The third kappa shape index (κ3) is 6.66. The van der Waals surface area contributed by atoms with Gasteiger partial charge in [-0.3, -0.25) is 9.52 Å². The largest absolute Gasteiger partial charge is 0.452 e. The summed E-state index contributed by atoms with van der Waals surface area (Å²) in [5.41, 5.74) is 1.84. The number of amides is 1. The van der Waals surface area contributed by atoms with Crippen LogP contribution in [0.25, 0.3) is 0 Å². The molecule has 0 bridgehead atoms. The van der Waals surface area contributed by atoms with E-state index in [1.807, 2.05) is 18.2 Å². The molecule has 0 unspecified atom stereocenters. The van der Waals surface area contributed by atoms with Crippen LogP contribution < -0.4 is 10.0 Å². The molecule has 1 aromatic heterocycles. The SMILES string of the molecule is CCCCc1ccc(NS(=O)(=O)c2cccc(C(=O)OCC(=O)Nc3sccc3C#N)c2)cc1. The van der Waals surface area contributed by atoms with Crippen molar-refractivity contribution in [3.05, 3.63) is 76.7 Å². The standard InChI is InChI=1S/C24H23N3O5S2/c1-2-3-5-17-8-10-20(11-9-17)27-34(30,31)21-7-4-6-18(14-21)24(29)32-16-22(28)26-23-19(15-25)12-13-33-23/h4,6-14,27H,2-3,5,16H2,1H3,(H,26,28). The fourth-order valence-electron chi connectivity index (χ4n) is 3.00. The molecule has 2 N–H and O–H groups in total. The van der Waals surface area contributed by atoms with E-state index in [0.29, 0.717) is 16.3 Å². The Hall–Kier alpha value is -3.68. The summed E-state index contributed by atoms with van der Waals surface area (Å²) in [4.78, 5) is 24.3. The number of carbonyl (C=O) groups excluding carboxylic acids is 2. The average Bonchev–Trinajstić information content (AvgIpc) is 3.29. The Balaban J connectivity index is 1.62. The van der Waals surface area contributed by atoms with E-state index in [0.717, 1.165) is 24.8 Å². The van der Waals surface area contributed by atoms with Crippen molar-refractivity contribution >= 4 is 43.9 Å². The second-order valence-electron chi connectivity index (χ2n) is 7.33. The van der Waals surface area contributed by atoms with E-state index in [1.54, 1.807) is 23.6 Å². The lowest BCUT2D eigenvalue weighted by atomic mass is 10.1. The molecule has 0 aliphatic rings. The molecule has 0 saturated carbocycles. The third-order valence-corrected chi connectivity index (χ3v) is 6.99. The molecule has 0 spiro atoms. The van der Waals surface area contributed by atoms with Gasteiger partial charge in [0, 0.05) is 5.69 Å². The number of sulfonamides is 1. The Bertz CT molecular complexity index is 1310. The summed E-state index contributed by atoms with van der Waals surface area (Å²) >= 11 is 1.17. The Morgan fingerprint density at radius 2 is 1.88 bits per heavy atom. The summed E-state index contributed by atoms with van der Waals surface area (Å²) in [7, 11) is -3.94. The molecule has 2 aromatic carbocycles. The number of ether oxygens (including phenoxy) is 1. The number of rotatable bonds is 10. The van der Waals surface area contributed by atoms with Crippen LogP contribution in [0.3, 0.4) is 0 Å². The van der Waals surface area contributed by atoms with Crippen molar-refractivity contribution in [2.24, 2.45) is 0 Å². The van der Waals surface area contributed by atoms with Crippen molar-refractivity contribution in [3.8, 4) is 6.07 Å². The number of nitrogens with zero attached hydrogens (tertiary/aromatic N) is 1. The number of benzene rings is 2. The van der Waals surface area contributed by atoms with Crippen LogP contribution in [-0.4, -0.2) is 26.9 Å². The lowest BCUT2D eigenvalue weighted by Gasteiger charge is -2.10. The van der Waals surface area contributed by atoms with Gasteiger partial charge in [-0.05, 0) is 60.2 Å². The quantitative estimate of drug-likeness (QED) is 0.396. The van der Waals surface area contributed by atoms with E-state index < -0.39 is 28.5 Å². The highest BCUT2D eigenvalue weighted by Crippen LogP contribution is 2.22.